The SMILES string of the molecule is CCOC(=O)C(C)N=Nc1ccccc1OC. The number of para-hydroxylation sites is 1. The Morgan fingerprint density at radius 2 is 2.12 bits per heavy atom. The average Bonchev–Trinajstić information content (AvgIpc) is 2.36. The molecule has 92 valence electrons. The standard InChI is InChI=1S/C12H16N2O3/c1-4-17-12(15)9(2)13-14-10-7-5-6-8-11(10)16-3/h5-9H,4H2,1-3H3. The van der Waals surface area contributed by atoms with Gasteiger partial charge in [0.25, 0.3) is 0 Å². The van der Waals surface area contributed by atoms with Gasteiger partial charge in [-0.1, -0.05) is 12.1 Å². The number of esters is 1. The predicted molar refractivity (Wildman–Crippen MR) is 63.6 cm³/mol. The fourth-order valence-corrected chi connectivity index (χ4v) is 1.17. The van der Waals surface area contributed by atoms with Gasteiger partial charge in [-0.2, -0.15) is 10.2 Å². The zero-order chi connectivity index (χ0) is 12.7. The van der Waals surface area contributed by atoms with E-state index >= 15 is 0 Å². The van der Waals surface area contributed by atoms with Crippen LogP contribution in [-0.2, 0) is 9.53 Å². The van der Waals surface area contributed by atoms with Crippen LogP contribution in [0.2, 0.25) is 0 Å². The Bertz CT molecular complexity index is 404. The lowest BCUT2D eigenvalue weighted by Gasteiger charge is -2.05. The fourth-order valence-electron chi connectivity index (χ4n) is 1.17. The van der Waals surface area contributed by atoms with Crippen LogP contribution in [0.4, 0.5) is 5.69 Å². The topological polar surface area (TPSA) is 60.2 Å². The minimum Gasteiger partial charge on any atom is -0.494 e. The van der Waals surface area contributed by atoms with Crippen LogP contribution in [0.25, 0.3) is 0 Å². The van der Waals surface area contributed by atoms with E-state index in [0.717, 1.165) is 0 Å². The minimum absolute atomic E-state index is 0.341. The summed E-state index contributed by atoms with van der Waals surface area (Å²) in [5.41, 5.74) is 0.589. The Balaban J connectivity index is 2.73. The molecular weight excluding hydrogens is 220 g/mol. The van der Waals surface area contributed by atoms with Crippen molar-refractivity contribution in [2.45, 2.75) is 19.9 Å². The van der Waals surface area contributed by atoms with E-state index in [1.54, 1.807) is 33.1 Å². The van der Waals surface area contributed by atoms with Gasteiger partial charge in [-0.25, -0.2) is 4.79 Å². The number of carbonyl (C=O) groups is 1. The Labute approximate surface area is 100 Å². The number of benzene rings is 1. The van der Waals surface area contributed by atoms with Crippen LogP contribution < -0.4 is 4.74 Å². The highest BCUT2D eigenvalue weighted by Crippen LogP contribution is 2.26. The van der Waals surface area contributed by atoms with Crippen LogP contribution in [0.15, 0.2) is 34.5 Å². The van der Waals surface area contributed by atoms with Gasteiger partial charge in [0.15, 0.2) is 6.04 Å². The molecule has 1 rings (SSSR count). The monoisotopic (exact) mass is 236 g/mol. The molecule has 5 nitrogen and oxygen atoms in total. The van der Waals surface area contributed by atoms with Crippen molar-refractivity contribution in [1.82, 2.24) is 0 Å². The first-order valence-corrected chi connectivity index (χ1v) is 5.39. The fraction of sp³-hybridized carbons (Fsp3) is 0.417. The van der Waals surface area contributed by atoms with Gasteiger partial charge in [-0.15, -0.1) is 0 Å². The number of hydrogen-bond donors (Lipinski definition) is 0. The van der Waals surface area contributed by atoms with Gasteiger partial charge in [0.1, 0.15) is 11.4 Å². The third-order valence-corrected chi connectivity index (χ3v) is 2.05. The summed E-state index contributed by atoms with van der Waals surface area (Å²) in [6, 6.07) is 6.60. The molecule has 1 atom stereocenters. The second kappa shape index (κ2) is 6.62. The van der Waals surface area contributed by atoms with Crippen LogP contribution in [0, 0.1) is 0 Å². The molecule has 0 spiro atoms. The summed E-state index contributed by atoms with van der Waals surface area (Å²) in [4.78, 5) is 11.3. The molecule has 0 aromatic heterocycles. The Kier molecular flexibility index (Phi) is 5.13. The number of carbonyl (C=O) groups excluding carboxylic acids is 1. The molecule has 1 aromatic rings. The van der Waals surface area contributed by atoms with Gasteiger partial charge in [-0.05, 0) is 26.0 Å². The zero-order valence-electron chi connectivity index (χ0n) is 10.2. The second-order valence-corrected chi connectivity index (χ2v) is 3.32. The predicted octanol–water partition coefficient (Wildman–Crippen LogP) is 2.73. The van der Waals surface area contributed by atoms with E-state index in [4.69, 9.17) is 9.47 Å². The van der Waals surface area contributed by atoms with Gasteiger partial charge in [-0.3, -0.25) is 0 Å². The molecule has 0 N–H and O–H groups in total. The molecule has 0 aliphatic heterocycles. The molecule has 0 amide bonds. The lowest BCUT2D eigenvalue weighted by Crippen LogP contribution is -2.17. The summed E-state index contributed by atoms with van der Waals surface area (Å²) >= 11 is 0. The molecule has 0 aliphatic carbocycles. The summed E-state index contributed by atoms with van der Waals surface area (Å²) in [7, 11) is 1.56. The molecule has 0 saturated carbocycles. The van der Waals surface area contributed by atoms with E-state index in [0.29, 0.717) is 18.0 Å². The van der Waals surface area contributed by atoms with Crippen molar-refractivity contribution >= 4 is 11.7 Å². The second-order valence-electron chi connectivity index (χ2n) is 3.32. The molecular formula is C12H16N2O3. The van der Waals surface area contributed by atoms with Gasteiger partial charge in [0, 0.05) is 0 Å². The van der Waals surface area contributed by atoms with E-state index in [-0.39, 0.29) is 5.97 Å². The third kappa shape index (κ3) is 3.86. The van der Waals surface area contributed by atoms with Crippen molar-refractivity contribution in [2.24, 2.45) is 10.2 Å². The van der Waals surface area contributed by atoms with Crippen molar-refractivity contribution in [1.29, 1.82) is 0 Å². The normalized spacial score (nSPS) is 12.4. The van der Waals surface area contributed by atoms with E-state index in [9.17, 15) is 4.79 Å². The summed E-state index contributed by atoms with van der Waals surface area (Å²) in [5.74, 6) is 0.235. The Hall–Kier alpha value is -1.91. The maximum absolute atomic E-state index is 11.3. The first-order valence-electron chi connectivity index (χ1n) is 5.39. The van der Waals surface area contributed by atoms with Crippen LogP contribution in [0.5, 0.6) is 5.75 Å². The average molecular weight is 236 g/mol. The maximum Gasteiger partial charge on any atom is 0.332 e. The van der Waals surface area contributed by atoms with Gasteiger partial charge >= 0.3 is 5.97 Å². The molecule has 0 fully saturated rings. The van der Waals surface area contributed by atoms with Gasteiger partial charge in [0.2, 0.25) is 0 Å². The summed E-state index contributed by atoms with van der Waals surface area (Å²) in [6.45, 7) is 3.73. The van der Waals surface area contributed by atoms with E-state index in [2.05, 4.69) is 10.2 Å². The summed E-state index contributed by atoms with van der Waals surface area (Å²) in [6.07, 6.45) is 0. The van der Waals surface area contributed by atoms with Crippen molar-refractivity contribution in [2.75, 3.05) is 13.7 Å². The number of methoxy groups -OCH3 is 1. The molecule has 1 aromatic carbocycles. The molecule has 0 radical (unpaired) electrons. The molecule has 17 heavy (non-hydrogen) atoms. The van der Waals surface area contributed by atoms with Crippen LogP contribution in [0.1, 0.15) is 13.8 Å². The quantitative estimate of drug-likeness (QED) is 0.583. The number of ether oxygens (including phenoxy) is 2. The minimum atomic E-state index is -0.611. The van der Waals surface area contributed by atoms with Crippen LogP contribution in [-0.4, -0.2) is 25.7 Å². The first-order chi connectivity index (χ1) is 8.19. The van der Waals surface area contributed by atoms with Gasteiger partial charge < -0.3 is 9.47 Å². The van der Waals surface area contributed by atoms with Crippen molar-refractivity contribution in [3.05, 3.63) is 24.3 Å². The lowest BCUT2D eigenvalue weighted by molar-refractivity contribution is -0.144. The lowest BCUT2D eigenvalue weighted by atomic mass is 10.3. The van der Waals surface area contributed by atoms with E-state index in [1.165, 1.54) is 0 Å². The molecule has 0 heterocycles. The highest BCUT2D eigenvalue weighted by atomic mass is 16.5. The van der Waals surface area contributed by atoms with Gasteiger partial charge in [0.05, 0.1) is 13.7 Å². The van der Waals surface area contributed by atoms with Crippen LogP contribution in [0.3, 0.4) is 0 Å². The molecule has 0 aliphatic rings. The van der Waals surface area contributed by atoms with E-state index in [1.807, 2.05) is 12.1 Å². The number of azo groups is 1. The summed E-state index contributed by atoms with van der Waals surface area (Å²) < 4.78 is 9.94. The zero-order valence-corrected chi connectivity index (χ0v) is 10.2. The highest BCUT2D eigenvalue weighted by molar-refractivity contribution is 5.75. The van der Waals surface area contributed by atoms with Crippen molar-refractivity contribution in [3.8, 4) is 5.75 Å². The summed E-state index contributed by atoms with van der Waals surface area (Å²) in [5, 5.41) is 7.87. The molecule has 1 unspecified atom stereocenters. The van der Waals surface area contributed by atoms with Crippen molar-refractivity contribution < 1.29 is 14.3 Å². The maximum atomic E-state index is 11.3. The smallest absolute Gasteiger partial charge is 0.332 e. The molecule has 5 heteroatoms. The molecule has 0 saturated heterocycles. The highest BCUT2D eigenvalue weighted by Gasteiger charge is 2.12. The number of nitrogens with zero attached hydrogens (tertiary/aromatic N) is 2. The molecule has 0 bridgehead atoms. The van der Waals surface area contributed by atoms with Crippen molar-refractivity contribution in [3.63, 3.8) is 0 Å². The Morgan fingerprint density at radius 1 is 1.41 bits per heavy atom. The largest absolute Gasteiger partial charge is 0.494 e. The number of rotatable bonds is 5. The Morgan fingerprint density at radius 3 is 2.76 bits per heavy atom. The van der Waals surface area contributed by atoms with Crippen LogP contribution >= 0.6 is 0 Å². The number of hydrogen-bond acceptors (Lipinski definition) is 5. The first kappa shape index (κ1) is 13.2. The van der Waals surface area contributed by atoms with E-state index < -0.39 is 6.04 Å². The third-order valence-electron chi connectivity index (χ3n) is 2.05.